The Labute approximate surface area is 101 Å². The molecule has 3 rings (SSSR count). The molecule has 0 saturated carbocycles. The second kappa shape index (κ2) is 4.30. The summed E-state index contributed by atoms with van der Waals surface area (Å²) in [5, 5.41) is 0. The summed E-state index contributed by atoms with van der Waals surface area (Å²) < 4.78 is 5.94. The van der Waals surface area contributed by atoms with E-state index in [0.717, 1.165) is 22.6 Å². The zero-order chi connectivity index (χ0) is 11.5. The third-order valence-corrected chi connectivity index (χ3v) is 2.72. The van der Waals surface area contributed by atoms with Gasteiger partial charge in [0, 0.05) is 11.1 Å². The summed E-state index contributed by atoms with van der Waals surface area (Å²) in [7, 11) is 0. The summed E-state index contributed by atoms with van der Waals surface area (Å²) in [6.45, 7) is 0. The van der Waals surface area contributed by atoms with Crippen LogP contribution in [-0.2, 0) is 0 Å². The van der Waals surface area contributed by atoms with Gasteiger partial charge >= 0.3 is 0 Å². The highest BCUT2D eigenvalue weighted by molar-refractivity contribution is 5.71. The molecule has 0 amide bonds. The molecule has 0 spiro atoms. The molecule has 1 aliphatic heterocycles. The lowest BCUT2D eigenvalue weighted by Gasteiger charge is -2.10. The van der Waals surface area contributed by atoms with E-state index in [1.807, 2.05) is 66.7 Å². The Balaban J connectivity index is 2.02. The topological polar surface area (TPSA) is 9.23 Å². The lowest BCUT2D eigenvalue weighted by molar-refractivity contribution is 0.515. The first kappa shape index (κ1) is 9.91. The SMILES string of the molecule is C1=Cc2ccccc2OC(c2ccccc2)=C1. The molecule has 0 N–H and O–H groups in total. The standard InChI is InChI=1S/C16H12O/c1-2-7-13(8-3-1)16-12-6-10-14-9-4-5-11-15(14)17-16/h1-12H. The summed E-state index contributed by atoms with van der Waals surface area (Å²) in [5.41, 5.74) is 2.20. The third-order valence-electron chi connectivity index (χ3n) is 2.72. The van der Waals surface area contributed by atoms with E-state index in [2.05, 4.69) is 6.08 Å². The maximum atomic E-state index is 5.94. The van der Waals surface area contributed by atoms with E-state index in [9.17, 15) is 0 Å². The summed E-state index contributed by atoms with van der Waals surface area (Å²) in [6.07, 6.45) is 6.08. The molecule has 2 aromatic carbocycles. The Hall–Kier alpha value is -2.28. The van der Waals surface area contributed by atoms with Gasteiger partial charge in [-0.2, -0.15) is 0 Å². The number of fused-ring (bicyclic) bond motifs is 1. The third kappa shape index (κ3) is 2.00. The van der Waals surface area contributed by atoms with Gasteiger partial charge in [0.1, 0.15) is 11.5 Å². The van der Waals surface area contributed by atoms with Gasteiger partial charge in [0.15, 0.2) is 0 Å². The lowest BCUT2D eigenvalue weighted by Crippen LogP contribution is -1.94. The first-order valence-corrected chi connectivity index (χ1v) is 5.64. The molecule has 1 heteroatoms. The molecule has 0 aromatic heterocycles. The molecule has 2 aromatic rings. The summed E-state index contributed by atoms with van der Waals surface area (Å²) in [4.78, 5) is 0. The highest BCUT2D eigenvalue weighted by atomic mass is 16.5. The Morgan fingerprint density at radius 2 is 1.53 bits per heavy atom. The van der Waals surface area contributed by atoms with Gasteiger partial charge in [0.2, 0.25) is 0 Å². The van der Waals surface area contributed by atoms with Gasteiger partial charge in [-0.3, -0.25) is 0 Å². The Bertz CT molecular complexity index is 579. The van der Waals surface area contributed by atoms with Crippen molar-refractivity contribution in [2.45, 2.75) is 0 Å². The van der Waals surface area contributed by atoms with Gasteiger partial charge in [0.25, 0.3) is 0 Å². The molecule has 0 fully saturated rings. The predicted molar refractivity (Wildman–Crippen MR) is 70.5 cm³/mol. The van der Waals surface area contributed by atoms with Crippen molar-refractivity contribution in [3.05, 3.63) is 77.9 Å². The first-order valence-electron chi connectivity index (χ1n) is 5.64. The van der Waals surface area contributed by atoms with Crippen LogP contribution in [0.5, 0.6) is 5.75 Å². The second-order valence-corrected chi connectivity index (χ2v) is 3.90. The van der Waals surface area contributed by atoms with Crippen molar-refractivity contribution < 1.29 is 4.74 Å². The largest absolute Gasteiger partial charge is 0.456 e. The maximum Gasteiger partial charge on any atom is 0.134 e. The van der Waals surface area contributed by atoms with Crippen molar-refractivity contribution >= 4 is 11.8 Å². The molecular formula is C16H12O. The van der Waals surface area contributed by atoms with E-state index in [4.69, 9.17) is 4.74 Å². The molecule has 0 unspecified atom stereocenters. The number of rotatable bonds is 1. The van der Waals surface area contributed by atoms with Crippen molar-refractivity contribution in [2.24, 2.45) is 0 Å². The average Bonchev–Trinajstić information content (AvgIpc) is 2.62. The smallest absolute Gasteiger partial charge is 0.134 e. The van der Waals surface area contributed by atoms with Crippen LogP contribution in [0.3, 0.4) is 0 Å². The second-order valence-electron chi connectivity index (χ2n) is 3.90. The highest BCUT2D eigenvalue weighted by Crippen LogP contribution is 2.28. The Kier molecular flexibility index (Phi) is 2.51. The monoisotopic (exact) mass is 220 g/mol. The number of ether oxygens (including phenoxy) is 1. The highest BCUT2D eigenvalue weighted by Gasteiger charge is 2.08. The zero-order valence-corrected chi connectivity index (χ0v) is 9.34. The van der Waals surface area contributed by atoms with Crippen LogP contribution in [0, 0.1) is 0 Å². The van der Waals surface area contributed by atoms with E-state index >= 15 is 0 Å². The lowest BCUT2D eigenvalue weighted by atomic mass is 10.2. The van der Waals surface area contributed by atoms with E-state index in [-0.39, 0.29) is 0 Å². The molecule has 82 valence electrons. The zero-order valence-electron chi connectivity index (χ0n) is 9.34. The first-order chi connectivity index (χ1) is 8.43. The minimum atomic E-state index is 0.881. The average molecular weight is 220 g/mol. The fourth-order valence-corrected chi connectivity index (χ4v) is 1.86. The van der Waals surface area contributed by atoms with Gasteiger partial charge in [-0.25, -0.2) is 0 Å². The molecule has 1 aliphatic rings. The Morgan fingerprint density at radius 3 is 2.41 bits per heavy atom. The van der Waals surface area contributed by atoms with Crippen molar-refractivity contribution in [1.29, 1.82) is 0 Å². The molecule has 0 aliphatic carbocycles. The fraction of sp³-hybridized carbons (Fsp3) is 0. The molecule has 0 saturated heterocycles. The summed E-state index contributed by atoms with van der Waals surface area (Å²) in [5.74, 6) is 1.78. The number of para-hydroxylation sites is 1. The molecule has 0 atom stereocenters. The van der Waals surface area contributed by atoms with Crippen molar-refractivity contribution in [1.82, 2.24) is 0 Å². The molecular weight excluding hydrogens is 208 g/mol. The summed E-state index contributed by atoms with van der Waals surface area (Å²) in [6, 6.07) is 18.2. The molecule has 0 bridgehead atoms. The van der Waals surface area contributed by atoms with Crippen molar-refractivity contribution in [2.75, 3.05) is 0 Å². The van der Waals surface area contributed by atoms with Crippen LogP contribution in [0.2, 0.25) is 0 Å². The minimum absolute atomic E-state index is 0.881. The molecule has 17 heavy (non-hydrogen) atoms. The number of allylic oxidation sites excluding steroid dienone is 2. The predicted octanol–water partition coefficient (Wildman–Crippen LogP) is 4.13. The van der Waals surface area contributed by atoms with Gasteiger partial charge in [-0.05, 0) is 12.1 Å². The van der Waals surface area contributed by atoms with E-state index in [0.29, 0.717) is 0 Å². The van der Waals surface area contributed by atoms with Crippen LogP contribution >= 0.6 is 0 Å². The van der Waals surface area contributed by atoms with E-state index < -0.39 is 0 Å². The minimum Gasteiger partial charge on any atom is -0.456 e. The number of benzene rings is 2. The van der Waals surface area contributed by atoms with Gasteiger partial charge < -0.3 is 4.74 Å². The van der Waals surface area contributed by atoms with Crippen LogP contribution in [0.1, 0.15) is 11.1 Å². The molecule has 1 heterocycles. The number of hydrogen-bond donors (Lipinski definition) is 0. The van der Waals surface area contributed by atoms with Crippen LogP contribution in [0.15, 0.2) is 66.7 Å². The van der Waals surface area contributed by atoms with Gasteiger partial charge in [-0.1, -0.05) is 60.7 Å². The Morgan fingerprint density at radius 1 is 0.765 bits per heavy atom. The van der Waals surface area contributed by atoms with Gasteiger partial charge in [-0.15, -0.1) is 0 Å². The normalized spacial score (nSPS) is 13.3. The molecule has 0 radical (unpaired) electrons. The van der Waals surface area contributed by atoms with E-state index in [1.54, 1.807) is 0 Å². The quantitative estimate of drug-likeness (QED) is 0.702. The fourth-order valence-electron chi connectivity index (χ4n) is 1.86. The molecule has 1 nitrogen and oxygen atoms in total. The van der Waals surface area contributed by atoms with Crippen LogP contribution in [0.25, 0.3) is 11.8 Å². The van der Waals surface area contributed by atoms with Crippen molar-refractivity contribution in [3.8, 4) is 5.75 Å². The van der Waals surface area contributed by atoms with E-state index in [1.165, 1.54) is 0 Å². The van der Waals surface area contributed by atoms with Crippen LogP contribution in [-0.4, -0.2) is 0 Å². The summed E-state index contributed by atoms with van der Waals surface area (Å²) >= 11 is 0. The number of hydrogen-bond acceptors (Lipinski definition) is 1. The van der Waals surface area contributed by atoms with Gasteiger partial charge in [0.05, 0.1) is 0 Å². The van der Waals surface area contributed by atoms with Crippen LogP contribution in [0.4, 0.5) is 0 Å². The van der Waals surface area contributed by atoms with Crippen LogP contribution < -0.4 is 4.74 Å². The maximum absolute atomic E-state index is 5.94. The van der Waals surface area contributed by atoms with Crippen molar-refractivity contribution in [3.63, 3.8) is 0 Å².